The molecule has 2 N–H and O–H groups in total. The molecule has 3 aliphatic carbocycles. The van der Waals surface area contributed by atoms with Crippen LogP contribution in [0, 0.1) is 10.8 Å². The Balaban J connectivity index is 0.000000720. The molecule has 3 aliphatic rings. The number of hydrogen-bond acceptors (Lipinski definition) is 1. The second-order valence-corrected chi connectivity index (χ2v) is 4.01. The van der Waals surface area contributed by atoms with Gasteiger partial charge >= 0.3 is 6.18 Å². The molecule has 0 atom stereocenters. The van der Waals surface area contributed by atoms with Gasteiger partial charge in [0.15, 0.2) is 0 Å². The van der Waals surface area contributed by atoms with Crippen LogP contribution < -0.4 is 5.73 Å². The van der Waals surface area contributed by atoms with Crippen molar-refractivity contribution in [3.63, 3.8) is 0 Å². The molecule has 0 unspecified atom stereocenters. The molecular weight excluding hydrogens is 191 g/mol. The maximum absolute atomic E-state index is 12.2. The van der Waals surface area contributed by atoms with Crippen molar-refractivity contribution in [2.75, 3.05) is 6.54 Å². The van der Waals surface area contributed by atoms with Crippen molar-refractivity contribution in [3.05, 3.63) is 0 Å². The van der Waals surface area contributed by atoms with Crippen LogP contribution in [-0.4, -0.2) is 12.7 Å². The summed E-state index contributed by atoms with van der Waals surface area (Å²) in [6.07, 6.45) is -3.15. The van der Waals surface area contributed by atoms with Crippen molar-refractivity contribution >= 4 is 12.4 Å². The third kappa shape index (κ3) is 0.909. The van der Waals surface area contributed by atoms with Crippen LogP contribution in [0.1, 0.15) is 19.3 Å². The molecule has 0 heterocycles. The molecule has 2 bridgehead atoms. The van der Waals surface area contributed by atoms with Crippen molar-refractivity contribution in [1.29, 1.82) is 0 Å². The summed E-state index contributed by atoms with van der Waals surface area (Å²) < 4.78 is 36.6. The quantitative estimate of drug-likeness (QED) is 0.691. The summed E-state index contributed by atoms with van der Waals surface area (Å²) in [4.78, 5) is 0. The Morgan fingerprint density at radius 1 is 1.17 bits per heavy atom. The first-order valence-electron chi connectivity index (χ1n) is 3.70. The lowest BCUT2D eigenvalue weighted by molar-refractivity contribution is -0.360. The first kappa shape index (κ1) is 10.1. The SMILES string of the molecule is Cl.NCC12CC(C(F)(F)F)(C1)C2. The van der Waals surface area contributed by atoms with E-state index in [0.29, 0.717) is 6.54 Å². The summed E-state index contributed by atoms with van der Waals surface area (Å²) in [6, 6.07) is 0. The summed E-state index contributed by atoms with van der Waals surface area (Å²) in [5, 5.41) is 0. The fourth-order valence-electron chi connectivity index (χ4n) is 2.52. The Labute approximate surface area is 74.9 Å². The molecule has 0 saturated heterocycles. The van der Waals surface area contributed by atoms with E-state index in [1.54, 1.807) is 0 Å². The van der Waals surface area contributed by atoms with Crippen molar-refractivity contribution in [2.24, 2.45) is 16.6 Å². The summed E-state index contributed by atoms with van der Waals surface area (Å²) in [5.41, 5.74) is 3.91. The molecule has 1 nitrogen and oxygen atoms in total. The molecule has 12 heavy (non-hydrogen) atoms. The van der Waals surface area contributed by atoms with Crippen LogP contribution in [0.3, 0.4) is 0 Å². The zero-order chi connectivity index (χ0) is 8.33. The standard InChI is InChI=1S/C7H10F3N.ClH/c8-7(9,10)6-1-5(2-6,3-6)4-11;/h1-4,11H2;1H. The monoisotopic (exact) mass is 201 g/mol. The topological polar surface area (TPSA) is 26.0 Å². The maximum Gasteiger partial charge on any atom is 0.394 e. The van der Waals surface area contributed by atoms with Gasteiger partial charge in [-0.05, 0) is 31.2 Å². The Bertz CT molecular complexity index is 182. The number of hydrogen-bond donors (Lipinski definition) is 1. The molecule has 0 radical (unpaired) electrons. The van der Waals surface area contributed by atoms with Gasteiger partial charge in [0.05, 0.1) is 5.41 Å². The highest BCUT2D eigenvalue weighted by atomic mass is 35.5. The molecule has 0 spiro atoms. The van der Waals surface area contributed by atoms with Gasteiger partial charge in [-0.15, -0.1) is 12.4 Å². The fraction of sp³-hybridized carbons (Fsp3) is 1.00. The Morgan fingerprint density at radius 2 is 1.58 bits per heavy atom. The minimum atomic E-state index is -3.98. The van der Waals surface area contributed by atoms with Gasteiger partial charge in [0.25, 0.3) is 0 Å². The molecule has 5 heteroatoms. The summed E-state index contributed by atoms with van der Waals surface area (Å²) in [5.74, 6) is 0. The number of rotatable bonds is 1. The molecular formula is C7H11ClF3N. The minimum absolute atomic E-state index is 0. The molecule has 0 aromatic rings. The van der Waals surface area contributed by atoms with Crippen LogP contribution in [-0.2, 0) is 0 Å². The first-order chi connectivity index (χ1) is 4.93. The van der Waals surface area contributed by atoms with Crippen LogP contribution in [0.15, 0.2) is 0 Å². The minimum Gasteiger partial charge on any atom is -0.330 e. The van der Waals surface area contributed by atoms with E-state index in [1.807, 2.05) is 0 Å². The number of nitrogens with two attached hydrogens (primary N) is 1. The van der Waals surface area contributed by atoms with Gasteiger partial charge in [0, 0.05) is 0 Å². The fourth-order valence-corrected chi connectivity index (χ4v) is 2.52. The third-order valence-corrected chi connectivity index (χ3v) is 3.17. The van der Waals surface area contributed by atoms with Crippen LogP contribution in [0.2, 0.25) is 0 Å². The average molecular weight is 202 g/mol. The zero-order valence-corrected chi connectivity index (χ0v) is 7.26. The molecule has 3 rings (SSSR count). The zero-order valence-electron chi connectivity index (χ0n) is 6.45. The van der Waals surface area contributed by atoms with Crippen LogP contribution >= 0.6 is 12.4 Å². The van der Waals surface area contributed by atoms with Gasteiger partial charge in [0.1, 0.15) is 0 Å². The van der Waals surface area contributed by atoms with Gasteiger partial charge in [0.2, 0.25) is 0 Å². The van der Waals surface area contributed by atoms with E-state index < -0.39 is 11.6 Å². The van der Waals surface area contributed by atoms with E-state index >= 15 is 0 Å². The second kappa shape index (κ2) is 2.29. The van der Waals surface area contributed by atoms with E-state index in [0.717, 1.165) is 0 Å². The van der Waals surface area contributed by atoms with Crippen molar-refractivity contribution in [3.8, 4) is 0 Å². The van der Waals surface area contributed by atoms with Crippen molar-refractivity contribution in [1.82, 2.24) is 0 Å². The molecule has 3 fully saturated rings. The lowest BCUT2D eigenvalue weighted by atomic mass is 9.35. The van der Waals surface area contributed by atoms with Crippen LogP contribution in [0.5, 0.6) is 0 Å². The van der Waals surface area contributed by atoms with Gasteiger partial charge in [-0.1, -0.05) is 0 Å². The highest BCUT2D eigenvalue weighted by Gasteiger charge is 2.77. The van der Waals surface area contributed by atoms with E-state index in [-0.39, 0.29) is 37.1 Å². The first-order valence-corrected chi connectivity index (χ1v) is 3.70. The van der Waals surface area contributed by atoms with Gasteiger partial charge in [-0.2, -0.15) is 13.2 Å². The van der Waals surface area contributed by atoms with Gasteiger partial charge < -0.3 is 5.73 Å². The summed E-state index contributed by atoms with van der Waals surface area (Å²) in [6.45, 7) is 0.421. The van der Waals surface area contributed by atoms with Crippen molar-refractivity contribution < 1.29 is 13.2 Å². The average Bonchev–Trinajstić information content (AvgIpc) is 1.53. The highest BCUT2D eigenvalue weighted by Crippen LogP contribution is 2.77. The van der Waals surface area contributed by atoms with Crippen molar-refractivity contribution in [2.45, 2.75) is 25.4 Å². The predicted molar refractivity (Wildman–Crippen MR) is 41.1 cm³/mol. The molecule has 3 saturated carbocycles. The second-order valence-electron chi connectivity index (χ2n) is 4.01. The third-order valence-electron chi connectivity index (χ3n) is 3.17. The molecule has 0 aliphatic heterocycles. The van der Waals surface area contributed by atoms with Crippen LogP contribution in [0.25, 0.3) is 0 Å². The molecule has 0 aromatic heterocycles. The Hall–Kier alpha value is 0.0400. The Morgan fingerprint density at radius 3 is 1.83 bits per heavy atom. The highest BCUT2D eigenvalue weighted by molar-refractivity contribution is 5.85. The number of alkyl halides is 3. The van der Waals surface area contributed by atoms with Gasteiger partial charge in [-0.25, -0.2) is 0 Å². The molecule has 72 valence electrons. The summed E-state index contributed by atoms with van der Waals surface area (Å²) in [7, 11) is 0. The Kier molecular flexibility index (Phi) is 1.93. The maximum atomic E-state index is 12.2. The van der Waals surface area contributed by atoms with E-state index in [1.165, 1.54) is 0 Å². The van der Waals surface area contributed by atoms with E-state index in [2.05, 4.69) is 0 Å². The van der Waals surface area contributed by atoms with Crippen LogP contribution in [0.4, 0.5) is 13.2 Å². The largest absolute Gasteiger partial charge is 0.394 e. The summed E-state index contributed by atoms with van der Waals surface area (Å²) >= 11 is 0. The number of halogens is 4. The lowest BCUT2D eigenvalue weighted by Gasteiger charge is -2.70. The normalized spacial score (nSPS) is 44.0. The molecule has 0 amide bonds. The van der Waals surface area contributed by atoms with E-state index in [4.69, 9.17) is 5.73 Å². The predicted octanol–water partition coefficient (Wildman–Crippen LogP) is 2.10. The van der Waals surface area contributed by atoms with Gasteiger partial charge in [-0.3, -0.25) is 0 Å². The smallest absolute Gasteiger partial charge is 0.330 e. The lowest BCUT2D eigenvalue weighted by Crippen LogP contribution is -2.70. The van der Waals surface area contributed by atoms with E-state index in [9.17, 15) is 13.2 Å². The molecule has 0 aromatic carbocycles.